The average molecular weight is 466 g/mol. The van der Waals surface area contributed by atoms with E-state index < -0.39 is 17.8 Å². The summed E-state index contributed by atoms with van der Waals surface area (Å²) in [4.78, 5) is 11.3. The minimum absolute atomic E-state index is 0.346. The maximum atomic E-state index is 13.5. The van der Waals surface area contributed by atoms with Crippen LogP contribution in [0.3, 0.4) is 0 Å². The van der Waals surface area contributed by atoms with Gasteiger partial charge in [0, 0.05) is 30.4 Å². The van der Waals surface area contributed by atoms with Crippen LogP contribution in [0, 0.1) is 6.92 Å². The van der Waals surface area contributed by atoms with Crippen LogP contribution in [-0.2, 0) is 6.18 Å². The van der Waals surface area contributed by atoms with Crippen molar-refractivity contribution in [2.24, 2.45) is 0 Å². The first-order valence-electron chi connectivity index (χ1n) is 11.1. The molecule has 0 amide bonds. The summed E-state index contributed by atoms with van der Waals surface area (Å²) in [5.41, 5.74) is 2.09. The molecular weight excluding hydrogens is 445 g/mol. The summed E-state index contributed by atoms with van der Waals surface area (Å²) in [7, 11) is 0. The molecule has 174 valence electrons. The normalized spacial score (nSPS) is 22.1. The second kappa shape index (κ2) is 7.23. The Balaban J connectivity index is 1.64. The van der Waals surface area contributed by atoms with E-state index in [9.17, 15) is 18.3 Å². The SMILES string of the molecule is Cc1cc(-c2nc(N3CCCC34CC4O)n3cnnc3c2-c2cccc(C(F)(F)F)c2)ccn1. The number of anilines is 1. The predicted molar refractivity (Wildman–Crippen MR) is 119 cm³/mol. The number of aryl methyl sites for hydroxylation is 1. The fourth-order valence-corrected chi connectivity index (χ4v) is 5.11. The van der Waals surface area contributed by atoms with Crippen LogP contribution in [0.4, 0.5) is 19.1 Å². The largest absolute Gasteiger partial charge is 0.416 e. The van der Waals surface area contributed by atoms with Gasteiger partial charge in [-0.25, -0.2) is 4.98 Å². The van der Waals surface area contributed by atoms with Crippen LogP contribution in [0.1, 0.15) is 30.5 Å². The molecule has 4 aromatic rings. The molecule has 3 aromatic heterocycles. The highest BCUT2D eigenvalue weighted by molar-refractivity contribution is 5.91. The molecule has 1 aromatic carbocycles. The molecule has 34 heavy (non-hydrogen) atoms. The molecule has 0 bridgehead atoms. The summed E-state index contributed by atoms with van der Waals surface area (Å²) in [5, 5.41) is 18.8. The number of fused-ring (bicyclic) bond motifs is 1. The van der Waals surface area contributed by atoms with E-state index in [1.54, 1.807) is 22.7 Å². The van der Waals surface area contributed by atoms with Crippen molar-refractivity contribution in [1.29, 1.82) is 0 Å². The number of aliphatic hydroxyl groups is 1. The Morgan fingerprint density at radius 2 is 1.97 bits per heavy atom. The van der Waals surface area contributed by atoms with Crippen LogP contribution in [0.2, 0.25) is 0 Å². The molecule has 2 aliphatic rings. The summed E-state index contributed by atoms with van der Waals surface area (Å²) < 4.78 is 42.3. The maximum absolute atomic E-state index is 13.5. The molecule has 2 atom stereocenters. The van der Waals surface area contributed by atoms with E-state index >= 15 is 0 Å². The first kappa shape index (κ1) is 21.0. The van der Waals surface area contributed by atoms with E-state index in [0.717, 1.165) is 42.8 Å². The van der Waals surface area contributed by atoms with Crippen LogP contribution < -0.4 is 4.90 Å². The second-order valence-corrected chi connectivity index (χ2v) is 9.00. The highest BCUT2D eigenvalue weighted by Gasteiger charge is 2.60. The maximum Gasteiger partial charge on any atom is 0.416 e. The van der Waals surface area contributed by atoms with Crippen LogP contribution in [0.15, 0.2) is 48.9 Å². The van der Waals surface area contributed by atoms with Crippen LogP contribution in [0.5, 0.6) is 0 Å². The summed E-state index contributed by atoms with van der Waals surface area (Å²) in [6, 6.07) is 8.81. The van der Waals surface area contributed by atoms with Gasteiger partial charge in [0.05, 0.1) is 28.5 Å². The van der Waals surface area contributed by atoms with Crippen LogP contribution in [-0.4, -0.2) is 47.9 Å². The number of aromatic nitrogens is 5. The van der Waals surface area contributed by atoms with Gasteiger partial charge in [-0.15, -0.1) is 10.2 Å². The number of alkyl halides is 3. The van der Waals surface area contributed by atoms with Gasteiger partial charge in [0.1, 0.15) is 6.33 Å². The van der Waals surface area contributed by atoms with E-state index in [1.165, 1.54) is 12.4 Å². The van der Waals surface area contributed by atoms with Gasteiger partial charge in [-0.2, -0.15) is 13.2 Å². The Kier molecular flexibility index (Phi) is 4.47. The molecule has 1 N–H and O–H groups in total. The highest BCUT2D eigenvalue weighted by atomic mass is 19.4. The van der Waals surface area contributed by atoms with Gasteiger partial charge in [-0.05, 0) is 49.6 Å². The van der Waals surface area contributed by atoms with E-state index in [4.69, 9.17) is 4.98 Å². The first-order valence-corrected chi connectivity index (χ1v) is 11.1. The van der Waals surface area contributed by atoms with Crippen molar-refractivity contribution in [2.75, 3.05) is 11.4 Å². The minimum atomic E-state index is -4.48. The van der Waals surface area contributed by atoms with E-state index in [2.05, 4.69) is 20.1 Å². The Hall–Kier alpha value is -3.53. The molecular formula is C24H21F3N6O. The molecule has 2 unspecified atom stereocenters. The Labute approximate surface area is 192 Å². The summed E-state index contributed by atoms with van der Waals surface area (Å²) >= 11 is 0. The minimum Gasteiger partial charge on any atom is -0.391 e. The number of hydrogen-bond acceptors (Lipinski definition) is 6. The molecule has 7 nitrogen and oxygen atoms in total. The van der Waals surface area contributed by atoms with Crippen LogP contribution in [0.25, 0.3) is 28.0 Å². The quantitative estimate of drug-likeness (QED) is 0.486. The second-order valence-electron chi connectivity index (χ2n) is 9.00. The van der Waals surface area contributed by atoms with E-state index in [0.29, 0.717) is 34.8 Å². The van der Waals surface area contributed by atoms with Gasteiger partial charge in [-0.3, -0.25) is 9.38 Å². The molecule has 10 heteroatoms. The molecule has 1 aliphatic carbocycles. The molecule has 6 rings (SSSR count). The van der Waals surface area contributed by atoms with Gasteiger partial charge in [0.25, 0.3) is 0 Å². The highest BCUT2D eigenvalue weighted by Crippen LogP contribution is 2.51. The molecule has 4 heterocycles. The van der Waals surface area contributed by atoms with Crippen molar-refractivity contribution in [3.05, 3.63) is 60.2 Å². The number of hydrogen-bond donors (Lipinski definition) is 1. The number of pyridine rings is 1. The predicted octanol–water partition coefficient (Wildman–Crippen LogP) is 4.28. The Morgan fingerprint density at radius 3 is 2.71 bits per heavy atom. The number of halogens is 3. The number of rotatable bonds is 3. The zero-order valence-electron chi connectivity index (χ0n) is 18.3. The fraction of sp³-hybridized carbons (Fsp3) is 0.333. The van der Waals surface area contributed by atoms with Gasteiger partial charge < -0.3 is 10.0 Å². The van der Waals surface area contributed by atoms with Crippen molar-refractivity contribution in [1.82, 2.24) is 24.6 Å². The van der Waals surface area contributed by atoms with Crippen molar-refractivity contribution < 1.29 is 18.3 Å². The number of nitrogens with zero attached hydrogens (tertiary/aromatic N) is 6. The van der Waals surface area contributed by atoms with Crippen molar-refractivity contribution >= 4 is 11.6 Å². The van der Waals surface area contributed by atoms with Gasteiger partial charge in [-0.1, -0.05) is 12.1 Å². The topological polar surface area (TPSA) is 79.4 Å². The average Bonchev–Trinajstić information content (AvgIpc) is 3.15. The molecule has 1 aliphatic heterocycles. The van der Waals surface area contributed by atoms with Crippen LogP contribution >= 0.6 is 0 Å². The third kappa shape index (κ3) is 3.16. The third-order valence-electron chi connectivity index (χ3n) is 6.86. The lowest BCUT2D eigenvalue weighted by Gasteiger charge is -2.27. The zero-order chi connectivity index (χ0) is 23.7. The Bertz CT molecular complexity index is 1420. The molecule has 1 spiro atoms. The van der Waals surface area contributed by atoms with Gasteiger partial charge in [0.15, 0.2) is 5.65 Å². The standard InChI is InChI=1S/C24H21F3N6O/c1-14-10-16(6-8-28-14)20-19(15-4-2-5-17(11-15)24(25,26)27)21-31-29-13-32(21)22(30-20)33-9-3-7-23(33)12-18(23)34/h2,4-6,8,10-11,13,18,34H,3,7,9,12H2,1H3. The fourth-order valence-electron chi connectivity index (χ4n) is 5.11. The van der Waals surface area contributed by atoms with E-state index in [1.807, 2.05) is 13.0 Å². The summed E-state index contributed by atoms with van der Waals surface area (Å²) in [6.45, 7) is 2.56. The lowest BCUT2D eigenvalue weighted by molar-refractivity contribution is -0.137. The number of aliphatic hydroxyl groups excluding tert-OH is 1. The molecule has 0 radical (unpaired) electrons. The molecule has 1 saturated carbocycles. The number of benzene rings is 1. The zero-order valence-corrected chi connectivity index (χ0v) is 18.3. The molecule has 2 fully saturated rings. The Morgan fingerprint density at radius 1 is 1.15 bits per heavy atom. The van der Waals surface area contributed by atoms with Gasteiger partial charge >= 0.3 is 6.18 Å². The van der Waals surface area contributed by atoms with E-state index in [-0.39, 0.29) is 5.54 Å². The third-order valence-corrected chi connectivity index (χ3v) is 6.86. The summed E-state index contributed by atoms with van der Waals surface area (Å²) in [6.07, 6.45) is 0.704. The van der Waals surface area contributed by atoms with Crippen molar-refractivity contribution in [3.8, 4) is 22.4 Å². The van der Waals surface area contributed by atoms with Crippen molar-refractivity contribution in [3.63, 3.8) is 0 Å². The summed E-state index contributed by atoms with van der Waals surface area (Å²) in [5.74, 6) is 0.578. The molecule has 1 saturated heterocycles. The lowest BCUT2D eigenvalue weighted by atomic mass is 9.98. The lowest BCUT2D eigenvalue weighted by Crippen LogP contribution is -2.36. The first-order chi connectivity index (χ1) is 16.3. The smallest absolute Gasteiger partial charge is 0.391 e. The van der Waals surface area contributed by atoms with Crippen molar-refractivity contribution in [2.45, 2.75) is 44.0 Å². The van der Waals surface area contributed by atoms with Gasteiger partial charge in [0.2, 0.25) is 5.95 Å². The monoisotopic (exact) mass is 466 g/mol.